The van der Waals surface area contributed by atoms with E-state index in [0.717, 1.165) is 31.9 Å². The minimum absolute atomic E-state index is 0.615. The van der Waals surface area contributed by atoms with Crippen molar-refractivity contribution in [3.05, 3.63) is 33.7 Å². The van der Waals surface area contributed by atoms with Gasteiger partial charge in [-0.1, -0.05) is 0 Å². The summed E-state index contributed by atoms with van der Waals surface area (Å²) in [6, 6.07) is 0. The predicted molar refractivity (Wildman–Crippen MR) is 94.4 cm³/mol. The summed E-state index contributed by atoms with van der Waals surface area (Å²) in [4.78, 5) is 17.4. The molecule has 128 valence electrons. The van der Waals surface area contributed by atoms with Crippen LogP contribution in [0.25, 0.3) is 0 Å². The van der Waals surface area contributed by atoms with E-state index in [0.29, 0.717) is 11.8 Å². The Morgan fingerprint density at radius 1 is 1.21 bits per heavy atom. The maximum Gasteiger partial charge on any atom is 0.235 e. The summed E-state index contributed by atoms with van der Waals surface area (Å²) in [6.45, 7) is 5.99. The highest BCUT2D eigenvalue weighted by molar-refractivity contribution is 7.11. The van der Waals surface area contributed by atoms with Crippen LogP contribution in [0.15, 0.2) is 12.4 Å². The van der Waals surface area contributed by atoms with Gasteiger partial charge in [-0.15, -0.1) is 11.3 Å². The number of nitrogens with zero attached hydrogens (tertiary/aromatic N) is 4. The molecule has 24 heavy (non-hydrogen) atoms. The molecular formula is C18H24N4OS. The predicted octanol–water partition coefficient (Wildman–Crippen LogP) is 3.02. The molecule has 0 N–H and O–H groups in total. The van der Waals surface area contributed by atoms with Gasteiger partial charge in [-0.05, 0) is 58.0 Å². The number of aryl methyl sites for hydroxylation is 3. The molecule has 0 bridgehead atoms. The van der Waals surface area contributed by atoms with E-state index in [-0.39, 0.29) is 0 Å². The van der Waals surface area contributed by atoms with Crippen molar-refractivity contribution in [1.29, 1.82) is 0 Å². The van der Waals surface area contributed by atoms with Gasteiger partial charge < -0.3 is 4.74 Å². The molecule has 0 amide bonds. The summed E-state index contributed by atoms with van der Waals surface area (Å²) in [5.41, 5.74) is 2.24. The fourth-order valence-corrected chi connectivity index (χ4v) is 4.75. The molecule has 0 aromatic carbocycles. The second kappa shape index (κ2) is 7.15. The van der Waals surface area contributed by atoms with Crippen molar-refractivity contribution in [3.63, 3.8) is 0 Å². The van der Waals surface area contributed by atoms with Gasteiger partial charge >= 0.3 is 0 Å². The van der Waals surface area contributed by atoms with Gasteiger partial charge in [-0.3, -0.25) is 9.88 Å². The lowest BCUT2D eigenvalue weighted by atomic mass is 9.98. The number of rotatable bonds is 5. The van der Waals surface area contributed by atoms with Crippen molar-refractivity contribution in [3.8, 4) is 5.88 Å². The summed E-state index contributed by atoms with van der Waals surface area (Å²) in [7, 11) is 0. The molecular weight excluding hydrogens is 320 g/mol. The number of likely N-dealkylation sites (tertiary alicyclic amines) is 1. The molecule has 2 aromatic heterocycles. The number of hydrogen-bond donors (Lipinski definition) is 0. The van der Waals surface area contributed by atoms with E-state index in [9.17, 15) is 0 Å². The van der Waals surface area contributed by atoms with Crippen molar-refractivity contribution in [2.24, 2.45) is 5.92 Å². The summed E-state index contributed by atoms with van der Waals surface area (Å²) >= 11 is 1.93. The van der Waals surface area contributed by atoms with Crippen LogP contribution in [-0.2, 0) is 19.4 Å². The van der Waals surface area contributed by atoms with Crippen LogP contribution in [0.5, 0.6) is 5.88 Å². The zero-order valence-electron chi connectivity index (χ0n) is 14.2. The van der Waals surface area contributed by atoms with Crippen LogP contribution in [0, 0.1) is 12.8 Å². The number of piperidine rings is 1. The van der Waals surface area contributed by atoms with Gasteiger partial charge in [0.25, 0.3) is 0 Å². The molecule has 1 fully saturated rings. The molecule has 0 radical (unpaired) electrons. The maximum atomic E-state index is 5.87. The first kappa shape index (κ1) is 16.0. The van der Waals surface area contributed by atoms with E-state index < -0.39 is 0 Å². The Morgan fingerprint density at radius 3 is 2.83 bits per heavy atom. The third kappa shape index (κ3) is 3.59. The smallest absolute Gasteiger partial charge is 0.235 e. The number of ether oxygens (including phenoxy) is 1. The van der Waals surface area contributed by atoms with Crippen LogP contribution in [0.1, 0.15) is 40.5 Å². The molecule has 5 nitrogen and oxygen atoms in total. The minimum atomic E-state index is 0.615. The summed E-state index contributed by atoms with van der Waals surface area (Å²) in [5, 5.41) is 1.31. The van der Waals surface area contributed by atoms with Gasteiger partial charge in [0.15, 0.2) is 0 Å². The standard InChI is InChI=1S/C18H24N4OS/c1-13-18(20-8-7-19-13)23-12-14-5-9-22(10-6-14)11-17-21-15-3-2-4-16(15)24-17/h7-8,14H,2-6,9-12H2,1H3. The van der Waals surface area contributed by atoms with Gasteiger partial charge in [0.2, 0.25) is 5.88 Å². The number of thiazole rings is 1. The average molecular weight is 344 g/mol. The molecule has 1 aliphatic carbocycles. The Bertz CT molecular complexity index is 673. The van der Waals surface area contributed by atoms with Crippen molar-refractivity contribution in [2.45, 2.75) is 45.6 Å². The molecule has 2 aliphatic rings. The summed E-state index contributed by atoms with van der Waals surface area (Å²) in [5.74, 6) is 1.29. The lowest BCUT2D eigenvalue weighted by molar-refractivity contribution is 0.134. The van der Waals surface area contributed by atoms with E-state index >= 15 is 0 Å². The Morgan fingerprint density at radius 2 is 2.04 bits per heavy atom. The number of aromatic nitrogens is 3. The largest absolute Gasteiger partial charge is 0.476 e. The second-order valence-electron chi connectivity index (χ2n) is 6.81. The first-order chi connectivity index (χ1) is 11.8. The quantitative estimate of drug-likeness (QED) is 0.834. The number of fused-ring (bicyclic) bond motifs is 1. The van der Waals surface area contributed by atoms with E-state index in [1.165, 1.54) is 47.7 Å². The Kier molecular flexibility index (Phi) is 4.76. The fourth-order valence-electron chi connectivity index (χ4n) is 3.55. The number of hydrogen-bond acceptors (Lipinski definition) is 6. The average Bonchev–Trinajstić information content (AvgIpc) is 3.17. The lowest BCUT2D eigenvalue weighted by Gasteiger charge is -2.31. The zero-order chi connectivity index (χ0) is 16.4. The lowest BCUT2D eigenvalue weighted by Crippen LogP contribution is -2.35. The Hall–Kier alpha value is -1.53. The normalized spacial score (nSPS) is 18.7. The first-order valence-electron chi connectivity index (χ1n) is 8.88. The molecule has 0 saturated carbocycles. The van der Waals surface area contributed by atoms with Crippen LogP contribution in [0.4, 0.5) is 0 Å². The second-order valence-corrected chi connectivity index (χ2v) is 7.98. The summed E-state index contributed by atoms with van der Waals surface area (Å²) in [6.07, 6.45) is 9.49. The van der Waals surface area contributed by atoms with E-state index in [2.05, 4.69) is 14.9 Å². The van der Waals surface area contributed by atoms with Crippen LogP contribution in [0.2, 0.25) is 0 Å². The molecule has 1 aliphatic heterocycles. The zero-order valence-corrected chi connectivity index (χ0v) is 15.0. The molecule has 2 aromatic rings. The van der Waals surface area contributed by atoms with Crippen LogP contribution < -0.4 is 4.74 Å². The van der Waals surface area contributed by atoms with Gasteiger partial charge in [0.1, 0.15) is 5.01 Å². The molecule has 0 unspecified atom stereocenters. The van der Waals surface area contributed by atoms with Crippen molar-refractivity contribution in [1.82, 2.24) is 19.9 Å². The highest BCUT2D eigenvalue weighted by Crippen LogP contribution is 2.29. The highest BCUT2D eigenvalue weighted by Gasteiger charge is 2.23. The maximum absolute atomic E-state index is 5.87. The molecule has 0 atom stereocenters. The van der Waals surface area contributed by atoms with E-state index in [1.807, 2.05) is 18.3 Å². The third-order valence-corrected chi connectivity index (χ3v) is 6.14. The van der Waals surface area contributed by atoms with Crippen LogP contribution in [-0.4, -0.2) is 39.5 Å². The van der Waals surface area contributed by atoms with Crippen molar-refractivity contribution in [2.75, 3.05) is 19.7 Å². The first-order valence-corrected chi connectivity index (χ1v) is 9.70. The fraction of sp³-hybridized carbons (Fsp3) is 0.611. The molecule has 6 heteroatoms. The molecule has 3 heterocycles. The summed E-state index contributed by atoms with van der Waals surface area (Å²) < 4.78 is 5.87. The van der Waals surface area contributed by atoms with Gasteiger partial charge in [0.05, 0.1) is 24.5 Å². The van der Waals surface area contributed by atoms with Crippen molar-refractivity contribution >= 4 is 11.3 Å². The topological polar surface area (TPSA) is 51.1 Å². The SMILES string of the molecule is Cc1nccnc1OCC1CCN(Cc2nc3c(s2)CCC3)CC1. The van der Waals surface area contributed by atoms with E-state index in [4.69, 9.17) is 9.72 Å². The molecule has 1 saturated heterocycles. The monoisotopic (exact) mass is 344 g/mol. The van der Waals surface area contributed by atoms with Crippen LogP contribution >= 0.6 is 11.3 Å². The van der Waals surface area contributed by atoms with Gasteiger partial charge in [-0.2, -0.15) is 0 Å². The van der Waals surface area contributed by atoms with Crippen molar-refractivity contribution < 1.29 is 4.74 Å². The molecule has 0 spiro atoms. The van der Waals surface area contributed by atoms with Gasteiger partial charge in [-0.25, -0.2) is 9.97 Å². The molecule has 4 rings (SSSR count). The third-order valence-electron chi connectivity index (χ3n) is 5.00. The van der Waals surface area contributed by atoms with E-state index in [1.54, 1.807) is 12.4 Å². The Labute approximate surface area is 147 Å². The Balaban J connectivity index is 1.24. The minimum Gasteiger partial charge on any atom is -0.476 e. The van der Waals surface area contributed by atoms with Crippen LogP contribution in [0.3, 0.4) is 0 Å². The highest BCUT2D eigenvalue weighted by atomic mass is 32.1. The van der Waals surface area contributed by atoms with Gasteiger partial charge in [0, 0.05) is 17.3 Å².